The van der Waals surface area contributed by atoms with E-state index in [9.17, 15) is 9.18 Å². The summed E-state index contributed by atoms with van der Waals surface area (Å²) < 4.78 is 18.8. The van der Waals surface area contributed by atoms with Crippen LogP contribution in [0.25, 0.3) is 11.1 Å². The number of halogens is 2. The molecule has 2 fully saturated rings. The number of rotatable bonds is 4. The second-order valence-electron chi connectivity index (χ2n) is 6.39. The summed E-state index contributed by atoms with van der Waals surface area (Å²) in [5.41, 5.74) is 1.68. The van der Waals surface area contributed by atoms with Crippen molar-refractivity contribution in [1.82, 2.24) is 20.1 Å². The van der Waals surface area contributed by atoms with Crippen LogP contribution in [0.4, 0.5) is 10.2 Å². The third kappa shape index (κ3) is 3.26. The second kappa shape index (κ2) is 7.59. The number of amides is 1. The Kier molecular flexibility index (Phi) is 5.43. The summed E-state index contributed by atoms with van der Waals surface area (Å²) in [6.45, 7) is 1.57. The minimum atomic E-state index is -0.825. The molecule has 1 amide bonds. The molecule has 2 atom stereocenters. The van der Waals surface area contributed by atoms with Gasteiger partial charge in [0.15, 0.2) is 0 Å². The highest BCUT2D eigenvalue weighted by Gasteiger charge is 2.40. The first-order valence-electron chi connectivity index (χ1n) is 8.41. The highest BCUT2D eigenvalue weighted by atomic mass is 35.5. The third-order valence-electron chi connectivity index (χ3n) is 4.90. The molecule has 0 spiro atoms. The molecule has 4 rings (SSSR count). The van der Waals surface area contributed by atoms with Gasteiger partial charge in [-0.25, -0.2) is 4.39 Å². The Labute approximate surface area is 156 Å². The summed E-state index contributed by atoms with van der Waals surface area (Å²) >= 11 is 0. The van der Waals surface area contributed by atoms with E-state index in [1.807, 2.05) is 17.0 Å². The zero-order valence-corrected chi connectivity index (χ0v) is 15.2. The number of nitrogens with zero attached hydrogens (tertiary/aromatic N) is 4. The Morgan fingerprint density at radius 1 is 1.31 bits per heavy atom. The van der Waals surface area contributed by atoms with Crippen LogP contribution in [0.5, 0.6) is 5.88 Å². The molecule has 2 aliphatic heterocycles. The topological polar surface area (TPSA) is 74.3 Å². The van der Waals surface area contributed by atoms with Gasteiger partial charge >= 0.3 is 0 Å². The van der Waals surface area contributed by atoms with Crippen LogP contribution < -0.4 is 9.64 Å². The van der Waals surface area contributed by atoms with Crippen LogP contribution in [0.3, 0.4) is 0 Å². The molecule has 2 aromatic rings. The van der Waals surface area contributed by atoms with Crippen molar-refractivity contribution in [2.24, 2.45) is 0 Å². The van der Waals surface area contributed by atoms with Crippen molar-refractivity contribution in [2.45, 2.75) is 25.1 Å². The molecule has 0 saturated carbocycles. The number of nitrogens with one attached hydrogen (secondary N) is 1. The zero-order valence-electron chi connectivity index (χ0n) is 14.4. The van der Waals surface area contributed by atoms with E-state index in [0.29, 0.717) is 44.2 Å². The van der Waals surface area contributed by atoms with E-state index in [-0.39, 0.29) is 24.4 Å². The van der Waals surface area contributed by atoms with Gasteiger partial charge in [-0.05, 0) is 25.0 Å². The highest BCUT2D eigenvalue weighted by Crippen LogP contribution is 2.32. The number of anilines is 1. The van der Waals surface area contributed by atoms with Crippen LogP contribution in [0.1, 0.15) is 12.8 Å². The normalized spacial score (nSPS) is 23.3. The molecule has 1 unspecified atom stereocenters. The van der Waals surface area contributed by atoms with Crippen LogP contribution in [-0.4, -0.2) is 64.9 Å². The SMILES string of the molecule is COc1nc(N2CCC(N3CC[C@H](F)C3)C2=O)ccc1-c1cn[nH]c1.Cl. The maximum atomic E-state index is 13.4. The Hall–Kier alpha value is -2.19. The number of aromatic amines is 1. The summed E-state index contributed by atoms with van der Waals surface area (Å²) in [5, 5.41) is 6.70. The molecule has 0 aromatic carbocycles. The number of methoxy groups -OCH3 is 1. The molecule has 0 aliphatic carbocycles. The number of hydrogen-bond donors (Lipinski definition) is 1. The van der Waals surface area contributed by atoms with E-state index in [0.717, 1.165) is 11.1 Å². The number of pyridine rings is 1. The quantitative estimate of drug-likeness (QED) is 0.877. The molecule has 1 N–H and O–H groups in total. The molecule has 140 valence electrons. The van der Waals surface area contributed by atoms with Crippen molar-refractivity contribution >= 4 is 24.1 Å². The molecule has 0 bridgehead atoms. The van der Waals surface area contributed by atoms with Gasteiger partial charge in [0.25, 0.3) is 0 Å². The smallest absolute Gasteiger partial charge is 0.245 e. The number of ether oxygens (including phenoxy) is 1. The van der Waals surface area contributed by atoms with Crippen molar-refractivity contribution in [3.8, 4) is 17.0 Å². The predicted molar refractivity (Wildman–Crippen MR) is 97.5 cm³/mol. The van der Waals surface area contributed by atoms with Gasteiger partial charge in [-0.1, -0.05) is 0 Å². The Balaban J connectivity index is 0.00000196. The lowest BCUT2D eigenvalue weighted by Crippen LogP contribution is -2.41. The summed E-state index contributed by atoms with van der Waals surface area (Å²) in [4.78, 5) is 20.9. The lowest BCUT2D eigenvalue weighted by Gasteiger charge is -2.22. The first-order valence-corrected chi connectivity index (χ1v) is 8.41. The maximum Gasteiger partial charge on any atom is 0.245 e. The number of carbonyl (C=O) groups excluding carboxylic acids is 1. The molecule has 7 nitrogen and oxygen atoms in total. The van der Waals surface area contributed by atoms with E-state index in [4.69, 9.17) is 4.74 Å². The Morgan fingerprint density at radius 3 is 2.81 bits per heavy atom. The summed E-state index contributed by atoms with van der Waals surface area (Å²) in [6.07, 6.45) is 3.83. The first-order chi connectivity index (χ1) is 12.2. The van der Waals surface area contributed by atoms with Crippen molar-refractivity contribution in [2.75, 3.05) is 31.6 Å². The lowest BCUT2D eigenvalue weighted by atomic mass is 10.1. The fourth-order valence-corrected chi connectivity index (χ4v) is 3.61. The Bertz CT molecular complexity index is 773. The van der Waals surface area contributed by atoms with E-state index < -0.39 is 6.17 Å². The van der Waals surface area contributed by atoms with Crippen LogP contribution in [0, 0.1) is 0 Å². The highest BCUT2D eigenvalue weighted by molar-refractivity contribution is 5.99. The van der Waals surface area contributed by atoms with E-state index in [1.165, 1.54) is 0 Å². The summed E-state index contributed by atoms with van der Waals surface area (Å²) in [7, 11) is 1.55. The Morgan fingerprint density at radius 2 is 2.15 bits per heavy atom. The molecule has 26 heavy (non-hydrogen) atoms. The molecule has 2 saturated heterocycles. The van der Waals surface area contributed by atoms with Gasteiger partial charge in [0.05, 0.1) is 19.3 Å². The number of likely N-dealkylation sites (tertiary alicyclic amines) is 1. The fraction of sp³-hybridized carbons (Fsp3) is 0.471. The molecule has 2 aliphatic rings. The van der Waals surface area contributed by atoms with Crippen LogP contribution in [0.2, 0.25) is 0 Å². The van der Waals surface area contributed by atoms with Gasteiger partial charge in [-0.2, -0.15) is 10.1 Å². The number of aromatic nitrogens is 3. The van der Waals surface area contributed by atoms with E-state index >= 15 is 0 Å². The molecule has 4 heterocycles. The van der Waals surface area contributed by atoms with Gasteiger partial charge < -0.3 is 4.74 Å². The van der Waals surface area contributed by atoms with Gasteiger partial charge in [-0.3, -0.25) is 19.7 Å². The largest absolute Gasteiger partial charge is 0.480 e. The molecular weight excluding hydrogens is 361 g/mol. The van der Waals surface area contributed by atoms with Crippen molar-refractivity contribution in [3.05, 3.63) is 24.5 Å². The number of carbonyl (C=O) groups is 1. The predicted octanol–water partition coefficient (Wildman–Crippen LogP) is 2.05. The second-order valence-corrected chi connectivity index (χ2v) is 6.39. The average Bonchev–Trinajstić information content (AvgIpc) is 3.35. The number of hydrogen-bond acceptors (Lipinski definition) is 5. The van der Waals surface area contributed by atoms with Gasteiger partial charge in [0, 0.05) is 37.0 Å². The molecule has 9 heteroatoms. The monoisotopic (exact) mass is 381 g/mol. The standard InChI is InChI=1S/C17H20FN5O2.ClH/c1-25-16-13(11-8-19-20-9-11)2-3-15(21-16)23-7-5-14(17(23)24)22-6-4-12(18)10-22;/h2-3,8-9,12,14H,4-7,10H2,1H3,(H,19,20);1H/t12-,14?;/m0./s1. The minimum absolute atomic E-state index is 0. The van der Waals surface area contributed by atoms with E-state index in [1.54, 1.807) is 24.4 Å². The minimum Gasteiger partial charge on any atom is -0.480 e. The van der Waals surface area contributed by atoms with E-state index in [2.05, 4.69) is 15.2 Å². The zero-order chi connectivity index (χ0) is 17.4. The van der Waals surface area contributed by atoms with Crippen molar-refractivity contribution in [3.63, 3.8) is 0 Å². The lowest BCUT2D eigenvalue weighted by molar-refractivity contribution is -0.121. The van der Waals surface area contributed by atoms with Crippen LogP contribution >= 0.6 is 12.4 Å². The number of H-pyrrole nitrogens is 1. The number of alkyl halides is 1. The van der Waals surface area contributed by atoms with Crippen LogP contribution in [-0.2, 0) is 4.79 Å². The average molecular weight is 382 g/mol. The van der Waals surface area contributed by atoms with Gasteiger partial charge in [-0.15, -0.1) is 12.4 Å². The fourth-order valence-electron chi connectivity index (χ4n) is 3.61. The molecule has 0 radical (unpaired) electrons. The molecular formula is C17H21ClFN5O2. The van der Waals surface area contributed by atoms with Crippen molar-refractivity contribution < 1.29 is 13.9 Å². The van der Waals surface area contributed by atoms with Crippen LogP contribution in [0.15, 0.2) is 24.5 Å². The third-order valence-corrected chi connectivity index (χ3v) is 4.90. The maximum absolute atomic E-state index is 13.4. The summed E-state index contributed by atoms with van der Waals surface area (Å²) in [6, 6.07) is 3.44. The first kappa shape index (κ1) is 18.6. The van der Waals surface area contributed by atoms with Gasteiger partial charge in [0.2, 0.25) is 11.8 Å². The van der Waals surface area contributed by atoms with Crippen molar-refractivity contribution in [1.29, 1.82) is 0 Å². The van der Waals surface area contributed by atoms with Gasteiger partial charge in [0.1, 0.15) is 12.0 Å². The molecule has 2 aromatic heterocycles. The summed E-state index contributed by atoms with van der Waals surface area (Å²) in [5.74, 6) is 0.993.